The van der Waals surface area contributed by atoms with Crippen LogP contribution in [-0.4, -0.2) is 69.8 Å². The Kier molecular flexibility index (Phi) is 8.64. The molecule has 0 aliphatic carbocycles. The van der Waals surface area contributed by atoms with Crippen LogP contribution in [-0.2, 0) is 23.9 Å². The number of alkyl carbamates (subject to hydrolysis) is 1. The third-order valence-corrected chi connectivity index (χ3v) is 8.37. The fraction of sp³-hybridized carbons (Fsp3) is 0.333. The van der Waals surface area contributed by atoms with Crippen molar-refractivity contribution in [1.82, 2.24) is 15.1 Å². The van der Waals surface area contributed by atoms with Crippen LogP contribution in [0.2, 0.25) is 0 Å². The number of terminal acetylenes is 1. The van der Waals surface area contributed by atoms with Gasteiger partial charge in [0.05, 0.1) is 6.54 Å². The fourth-order valence-corrected chi connectivity index (χ4v) is 6.43. The Balaban J connectivity index is 1.46. The first-order valence-corrected chi connectivity index (χ1v) is 14.9. The maximum absolute atomic E-state index is 14.1. The number of thioether (sulfide) groups is 1. The Morgan fingerprint density at radius 2 is 1.72 bits per heavy atom. The van der Waals surface area contributed by atoms with Crippen molar-refractivity contribution in [3.05, 3.63) is 94.4 Å². The number of hydrogen-bond acceptors (Lipinski definition) is 7. The summed E-state index contributed by atoms with van der Waals surface area (Å²) >= 11 is 1.28. The van der Waals surface area contributed by atoms with Crippen molar-refractivity contribution >= 4 is 35.6 Å². The van der Waals surface area contributed by atoms with E-state index in [2.05, 4.69) is 11.2 Å². The Bertz CT molecular complexity index is 1470. The molecular weight excluding hydrogens is 566 g/mol. The molecule has 1 N–H and O–H groups in total. The second-order valence-electron chi connectivity index (χ2n) is 11.4. The number of fused-ring (bicyclic) bond motifs is 1. The highest BCUT2D eigenvalue weighted by molar-refractivity contribution is 8.03. The third kappa shape index (κ3) is 6.47. The van der Waals surface area contributed by atoms with E-state index in [1.807, 2.05) is 60.7 Å². The second-order valence-corrected chi connectivity index (χ2v) is 12.4. The largest absolute Gasteiger partial charge is 0.451 e. The molecule has 43 heavy (non-hydrogen) atoms. The molecule has 5 rings (SSSR count). The molecule has 0 saturated carbocycles. The standard InChI is InChI=1S/C33H33N3O6S/c1-5-17-35-18-16-23(28(35)37)19-24-20-43-30-25(34-32(40)42-33(2,3)4)29(38)36(30)26(24)31(39)41-27(21-12-8-6-9-13-21)22-14-10-7-11-15-22/h1,6-15,19-20,25-27,30H,16-18H2,2-4H3,(H,34,40)/t25-,26+,30-/m1/s1. The number of amides is 3. The number of hydrogen-bond donors (Lipinski definition) is 1. The molecule has 2 aromatic rings. The highest BCUT2D eigenvalue weighted by Gasteiger charge is 2.56. The van der Waals surface area contributed by atoms with Gasteiger partial charge in [-0.1, -0.05) is 66.6 Å². The van der Waals surface area contributed by atoms with Gasteiger partial charge in [0.25, 0.3) is 5.91 Å². The smallest absolute Gasteiger partial charge is 0.408 e. The Labute approximate surface area is 255 Å². The molecule has 0 bridgehead atoms. The molecule has 2 saturated heterocycles. The number of β-lactam (4-membered cyclic amide) rings is 1. The van der Waals surface area contributed by atoms with Crippen molar-refractivity contribution in [3.8, 4) is 12.3 Å². The molecule has 0 aromatic heterocycles. The van der Waals surface area contributed by atoms with Crippen LogP contribution < -0.4 is 5.32 Å². The lowest BCUT2D eigenvalue weighted by Gasteiger charge is -2.51. The van der Waals surface area contributed by atoms with Crippen LogP contribution in [0.1, 0.15) is 44.4 Å². The van der Waals surface area contributed by atoms with Crippen molar-refractivity contribution in [2.75, 3.05) is 13.1 Å². The highest BCUT2D eigenvalue weighted by atomic mass is 32.2. The van der Waals surface area contributed by atoms with E-state index in [4.69, 9.17) is 15.9 Å². The van der Waals surface area contributed by atoms with E-state index in [0.717, 1.165) is 11.1 Å². The third-order valence-electron chi connectivity index (χ3n) is 7.19. The normalized spacial score (nSPS) is 22.4. The van der Waals surface area contributed by atoms with Crippen LogP contribution in [0.3, 0.4) is 0 Å². The monoisotopic (exact) mass is 599 g/mol. The van der Waals surface area contributed by atoms with Crippen LogP contribution in [0.4, 0.5) is 4.79 Å². The topological polar surface area (TPSA) is 105 Å². The summed E-state index contributed by atoms with van der Waals surface area (Å²) in [6.07, 6.45) is 6.09. The van der Waals surface area contributed by atoms with Gasteiger partial charge < -0.3 is 24.6 Å². The molecular formula is C33H33N3O6S. The van der Waals surface area contributed by atoms with Gasteiger partial charge in [-0.05, 0) is 55.4 Å². The van der Waals surface area contributed by atoms with Gasteiger partial charge in [0, 0.05) is 12.1 Å². The quantitative estimate of drug-likeness (QED) is 0.220. The van der Waals surface area contributed by atoms with Gasteiger partial charge in [-0.15, -0.1) is 18.2 Å². The first kappa shape index (κ1) is 30.0. The average Bonchev–Trinajstić information content (AvgIpc) is 3.32. The molecule has 3 heterocycles. The SMILES string of the molecule is C#CCN1CCC(=CC2=CS[C@@H]3[C@H](NC(=O)OC(C)(C)C)C(=O)N3[C@@H]2C(=O)OC(c2ccccc2)c2ccccc2)C1=O. The predicted octanol–water partition coefficient (Wildman–Crippen LogP) is 4.17. The number of esters is 1. The van der Waals surface area contributed by atoms with Gasteiger partial charge in [0.15, 0.2) is 12.1 Å². The van der Waals surface area contributed by atoms with E-state index in [1.54, 1.807) is 37.2 Å². The van der Waals surface area contributed by atoms with Gasteiger partial charge in [-0.3, -0.25) is 9.59 Å². The van der Waals surface area contributed by atoms with Crippen molar-refractivity contribution in [2.45, 2.75) is 56.4 Å². The molecule has 0 spiro atoms. The maximum Gasteiger partial charge on any atom is 0.408 e. The lowest BCUT2D eigenvalue weighted by atomic mass is 9.95. The Hall–Kier alpha value is -4.49. The second kappa shape index (κ2) is 12.4. The van der Waals surface area contributed by atoms with Crippen LogP contribution in [0.15, 0.2) is 83.3 Å². The van der Waals surface area contributed by atoms with Crippen molar-refractivity contribution < 1.29 is 28.7 Å². The number of carbonyl (C=O) groups excluding carboxylic acids is 4. The zero-order valence-electron chi connectivity index (χ0n) is 24.2. The predicted molar refractivity (Wildman–Crippen MR) is 162 cm³/mol. The molecule has 222 valence electrons. The minimum absolute atomic E-state index is 0.190. The first-order chi connectivity index (χ1) is 20.6. The summed E-state index contributed by atoms with van der Waals surface area (Å²) in [5.74, 6) is 1.19. The molecule has 0 radical (unpaired) electrons. The molecule has 3 amide bonds. The number of ether oxygens (including phenoxy) is 2. The molecule has 2 fully saturated rings. The summed E-state index contributed by atoms with van der Waals surface area (Å²) < 4.78 is 11.5. The minimum atomic E-state index is -1.13. The van der Waals surface area contributed by atoms with Gasteiger partial charge in [0.1, 0.15) is 17.0 Å². The van der Waals surface area contributed by atoms with E-state index < -0.39 is 47.1 Å². The van der Waals surface area contributed by atoms with E-state index in [-0.39, 0.29) is 12.5 Å². The zero-order chi connectivity index (χ0) is 30.7. The highest BCUT2D eigenvalue weighted by Crippen LogP contribution is 2.42. The van der Waals surface area contributed by atoms with Gasteiger partial charge in [0.2, 0.25) is 5.91 Å². The van der Waals surface area contributed by atoms with Gasteiger partial charge in [-0.25, -0.2) is 9.59 Å². The van der Waals surface area contributed by atoms with Crippen molar-refractivity contribution in [3.63, 3.8) is 0 Å². The molecule has 9 nitrogen and oxygen atoms in total. The molecule has 10 heteroatoms. The number of nitrogens with one attached hydrogen (secondary N) is 1. The zero-order valence-corrected chi connectivity index (χ0v) is 25.0. The summed E-state index contributed by atoms with van der Waals surface area (Å²) in [5.41, 5.74) is 1.75. The van der Waals surface area contributed by atoms with E-state index in [1.165, 1.54) is 16.7 Å². The first-order valence-electron chi connectivity index (χ1n) is 14.0. The Morgan fingerprint density at radius 3 is 2.30 bits per heavy atom. The number of nitrogens with zero attached hydrogens (tertiary/aromatic N) is 2. The van der Waals surface area contributed by atoms with Gasteiger partial charge >= 0.3 is 12.1 Å². The summed E-state index contributed by atoms with van der Waals surface area (Å²) in [6, 6.07) is 16.7. The fourth-order valence-electron chi connectivity index (χ4n) is 5.24. The van der Waals surface area contributed by atoms with Crippen LogP contribution >= 0.6 is 11.8 Å². The molecule has 3 atom stereocenters. The Morgan fingerprint density at radius 1 is 1.09 bits per heavy atom. The maximum atomic E-state index is 14.1. The van der Waals surface area contributed by atoms with Crippen molar-refractivity contribution in [2.24, 2.45) is 0 Å². The minimum Gasteiger partial charge on any atom is -0.451 e. The molecule has 2 aromatic carbocycles. The number of likely N-dealkylation sites (tertiary alicyclic amines) is 1. The lowest BCUT2D eigenvalue weighted by Crippen LogP contribution is -2.74. The number of carbonyl (C=O) groups is 4. The number of benzene rings is 2. The van der Waals surface area contributed by atoms with E-state index in [9.17, 15) is 19.2 Å². The van der Waals surface area contributed by atoms with E-state index in [0.29, 0.717) is 24.1 Å². The summed E-state index contributed by atoms with van der Waals surface area (Å²) in [4.78, 5) is 56.1. The van der Waals surface area contributed by atoms with Crippen LogP contribution in [0, 0.1) is 12.3 Å². The summed E-state index contributed by atoms with van der Waals surface area (Å²) in [6.45, 7) is 5.86. The number of rotatable bonds is 7. The van der Waals surface area contributed by atoms with Crippen molar-refractivity contribution in [1.29, 1.82) is 0 Å². The van der Waals surface area contributed by atoms with E-state index >= 15 is 0 Å². The van der Waals surface area contributed by atoms with Crippen LogP contribution in [0.25, 0.3) is 0 Å². The molecule has 3 aliphatic heterocycles. The molecule has 3 aliphatic rings. The molecule has 0 unspecified atom stereocenters. The summed E-state index contributed by atoms with van der Waals surface area (Å²) in [5, 5.41) is 3.83. The van der Waals surface area contributed by atoms with Gasteiger partial charge in [-0.2, -0.15) is 0 Å². The van der Waals surface area contributed by atoms with Crippen LogP contribution in [0.5, 0.6) is 0 Å². The lowest BCUT2D eigenvalue weighted by molar-refractivity contribution is -0.164. The average molecular weight is 600 g/mol. The summed E-state index contributed by atoms with van der Waals surface area (Å²) in [7, 11) is 0.